The van der Waals surface area contributed by atoms with Gasteiger partial charge in [-0.2, -0.15) is 4.98 Å². The van der Waals surface area contributed by atoms with Crippen molar-refractivity contribution in [3.8, 4) is 11.3 Å². The number of nitrogen functional groups attached to an aromatic ring is 1. The predicted octanol–water partition coefficient (Wildman–Crippen LogP) is 1.81. The Labute approximate surface area is 118 Å². The molecule has 3 rings (SSSR count). The summed E-state index contributed by atoms with van der Waals surface area (Å²) in [5.74, 6) is 6.88. The van der Waals surface area contributed by atoms with Crippen LogP contribution in [0.5, 0.6) is 0 Å². The minimum absolute atomic E-state index is 0.624. The van der Waals surface area contributed by atoms with Crippen molar-refractivity contribution in [3.05, 3.63) is 30.6 Å². The second kappa shape index (κ2) is 5.83. The highest BCUT2D eigenvalue weighted by atomic mass is 15.3. The SMILES string of the molecule is NNc1cc(-c2cccnc2)nc(N2CCCCC2)n1. The summed E-state index contributed by atoms with van der Waals surface area (Å²) >= 11 is 0. The van der Waals surface area contributed by atoms with Gasteiger partial charge in [0.1, 0.15) is 5.82 Å². The van der Waals surface area contributed by atoms with E-state index in [-0.39, 0.29) is 0 Å². The van der Waals surface area contributed by atoms with E-state index in [1.165, 1.54) is 19.3 Å². The molecule has 0 amide bonds. The number of aromatic nitrogens is 3. The molecule has 1 aliphatic rings. The van der Waals surface area contributed by atoms with Crippen molar-refractivity contribution in [2.75, 3.05) is 23.4 Å². The normalized spacial score (nSPS) is 15.2. The van der Waals surface area contributed by atoms with E-state index in [0.29, 0.717) is 5.82 Å². The Morgan fingerprint density at radius 3 is 2.70 bits per heavy atom. The molecule has 0 atom stereocenters. The first-order chi connectivity index (χ1) is 9.86. The van der Waals surface area contributed by atoms with Gasteiger partial charge in [-0.1, -0.05) is 0 Å². The van der Waals surface area contributed by atoms with Crippen LogP contribution in [0.3, 0.4) is 0 Å². The van der Waals surface area contributed by atoms with Crippen LogP contribution < -0.4 is 16.2 Å². The lowest BCUT2D eigenvalue weighted by molar-refractivity contribution is 0.568. The molecule has 0 aromatic carbocycles. The first-order valence-electron chi connectivity index (χ1n) is 6.88. The van der Waals surface area contributed by atoms with E-state index in [4.69, 9.17) is 5.84 Å². The first-order valence-corrected chi connectivity index (χ1v) is 6.88. The van der Waals surface area contributed by atoms with Crippen LogP contribution in [0.15, 0.2) is 30.6 Å². The lowest BCUT2D eigenvalue weighted by atomic mass is 10.1. The molecule has 0 unspecified atom stereocenters. The molecule has 6 heteroatoms. The third-order valence-electron chi connectivity index (χ3n) is 3.46. The number of piperidine rings is 1. The summed E-state index contributed by atoms with van der Waals surface area (Å²) in [7, 11) is 0. The number of nitrogens with one attached hydrogen (secondary N) is 1. The van der Waals surface area contributed by atoms with Gasteiger partial charge in [-0.3, -0.25) is 4.98 Å². The standard InChI is InChI=1S/C14H18N6/c15-19-13-9-12(11-5-4-6-16-10-11)17-14(18-13)20-7-2-1-3-8-20/h4-6,9-10H,1-3,7-8,15H2,(H,17,18,19). The summed E-state index contributed by atoms with van der Waals surface area (Å²) in [4.78, 5) is 15.5. The zero-order valence-corrected chi connectivity index (χ0v) is 11.3. The molecule has 0 radical (unpaired) electrons. The van der Waals surface area contributed by atoms with Gasteiger partial charge in [-0.15, -0.1) is 0 Å². The van der Waals surface area contributed by atoms with Crippen LogP contribution in [0, 0.1) is 0 Å². The highest BCUT2D eigenvalue weighted by Gasteiger charge is 2.15. The van der Waals surface area contributed by atoms with Crippen LogP contribution in [0.2, 0.25) is 0 Å². The molecule has 104 valence electrons. The van der Waals surface area contributed by atoms with Crippen LogP contribution in [-0.4, -0.2) is 28.0 Å². The average molecular weight is 270 g/mol. The molecule has 1 fully saturated rings. The van der Waals surface area contributed by atoms with Gasteiger partial charge >= 0.3 is 0 Å². The van der Waals surface area contributed by atoms with E-state index in [0.717, 1.165) is 30.3 Å². The highest BCUT2D eigenvalue weighted by Crippen LogP contribution is 2.23. The van der Waals surface area contributed by atoms with Gasteiger partial charge in [0.15, 0.2) is 0 Å². The van der Waals surface area contributed by atoms with E-state index in [9.17, 15) is 0 Å². The summed E-state index contributed by atoms with van der Waals surface area (Å²) in [6.07, 6.45) is 7.19. The van der Waals surface area contributed by atoms with Crippen LogP contribution in [0.1, 0.15) is 19.3 Å². The summed E-state index contributed by atoms with van der Waals surface area (Å²) < 4.78 is 0. The minimum atomic E-state index is 0.624. The Morgan fingerprint density at radius 2 is 2.00 bits per heavy atom. The first kappa shape index (κ1) is 12.8. The van der Waals surface area contributed by atoms with Gasteiger partial charge in [0, 0.05) is 37.1 Å². The third kappa shape index (κ3) is 2.70. The lowest BCUT2D eigenvalue weighted by Gasteiger charge is -2.27. The number of anilines is 2. The Bertz CT molecular complexity index is 565. The molecule has 3 N–H and O–H groups in total. The fourth-order valence-electron chi connectivity index (χ4n) is 2.41. The minimum Gasteiger partial charge on any atom is -0.341 e. The van der Waals surface area contributed by atoms with Gasteiger partial charge in [0.2, 0.25) is 5.95 Å². The number of nitrogens with two attached hydrogens (primary N) is 1. The third-order valence-corrected chi connectivity index (χ3v) is 3.46. The molecule has 20 heavy (non-hydrogen) atoms. The van der Waals surface area contributed by atoms with Gasteiger partial charge in [0.25, 0.3) is 0 Å². The fraction of sp³-hybridized carbons (Fsp3) is 0.357. The fourth-order valence-corrected chi connectivity index (χ4v) is 2.41. The van der Waals surface area contributed by atoms with E-state index in [2.05, 4.69) is 25.3 Å². The zero-order chi connectivity index (χ0) is 13.8. The second-order valence-electron chi connectivity index (χ2n) is 4.87. The molecule has 3 heterocycles. The van der Waals surface area contributed by atoms with Crippen LogP contribution in [-0.2, 0) is 0 Å². The van der Waals surface area contributed by atoms with Crippen molar-refractivity contribution in [1.29, 1.82) is 0 Å². The van der Waals surface area contributed by atoms with Gasteiger partial charge in [-0.25, -0.2) is 10.8 Å². The van der Waals surface area contributed by atoms with Crippen molar-refractivity contribution in [2.45, 2.75) is 19.3 Å². The summed E-state index contributed by atoms with van der Waals surface area (Å²) in [6, 6.07) is 5.72. The zero-order valence-electron chi connectivity index (χ0n) is 11.3. The van der Waals surface area contributed by atoms with Crippen LogP contribution >= 0.6 is 0 Å². The van der Waals surface area contributed by atoms with E-state index >= 15 is 0 Å². The number of hydrogen-bond acceptors (Lipinski definition) is 6. The van der Waals surface area contributed by atoms with Gasteiger partial charge in [-0.05, 0) is 31.4 Å². The maximum absolute atomic E-state index is 5.52. The smallest absolute Gasteiger partial charge is 0.227 e. The number of pyridine rings is 1. The Balaban J connectivity index is 1.98. The quantitative estimate of drug-likeness (QED) is 0.654. The van der Waals surface area contributed by atoms with E-state index in [1.807, 2.05) is 18.2 Å². The van der Waals surface area contributed by atoms with Crippen LogP contribution in [0.4, 0.5) is 11.8 Å². The lowest BCUT2D eigenvalue weighted by Crippen LogP contribution is -2.31. The maximum atomic E-state index is 5.52. The molecule has 0 aliphatic carbocycles. The van der Waals surface area contributed by atoms with Crippen molar-refractivity contribution in [3.63, 3.8) is 0 Å². The van der Waals surface area contributed by atoms with Crippen molar-refractivity contribution in [2.24, 2.45) is 5.84 Å². The highest BCUT2D eigenvalue weighted by molar-refractivity contribution is 5.63. The second-order valence-corrected chi connectivity index (χ2v) is 4.87. The predicted molar refractivity (Wildman–Crippen MR) is 79.1 cm³/mol. The number of rotatable bonds is 3. The molecule has 0 saturated carbocycles. The average Bonchev–Trinajstić information content (AvgIpc) is 2.56. The molecule has 2 aromatic heterocycles. The Kier molecular flexibility index (Phi) is 3.73. The summed E-state index contributed by atoms with van der Waals surface area (Å²) in [5.41, 5.74) is 4.42. The molecule has 1 aliphatic heterocycles. The Hall–Kier alpha value is -2.21. The molecule has 2 aromatic rings. The molecule has 0 bridgehead atoms. The van der Waals surface area contributed by atoms with Gasteiger partial charge < -0.3 is 10.3 Å². The number of hydrazine groups is 1. The summed E-state index contributed by atoms with van der Waals surface area (Å²) in [5, 5.41) is 0. The van der Waals surface area contributed by atoms with Crippen molar-refractivity contribution >= 4 is 11.8 Å². The number of hydrogen-bond donors (Lipinski definition) is 2. The van der Waals surface area contributed by atoms with E-state index in [1.54, 1.807) is 12.4 Å². The topological polar surface area (TPSA) is 80.0 Å². The van der Waals surface area contributed by atoms with Crippen molar-refractivity contribution < 1.29 is 0 Å². The summed E-state index contributed by atoms with van der Waals surface area (Å²) in [6.45, 7) is 2.00. The molecular weight excluding hydrogens is 252 g/mol. The number of nitrogens with zero attached hydrogens (tertiary/aromatic N) is 4. The largest absolute Gasteiger partial charge is 0.341 e. The van der Waals surface area contributed by atoms with Crippen LogP contribution in [0.25, 0.3) is 11.3 Å². The monoisotopic (exact) mass is 270 g/mol. The molecule has 0 spiro atoms. The van der Waals surface area contributed by atoms with Gasteiger partial charge in [0.05, 0.1) is 5.69 Å². The van der Waals surface area contributed by atoms with Crippen molar-refractivity contribution in [1.82, 2.24) is 15.0 Å². The molecule has 1 saturated heterocycles. The molecule has 6 nitrogen and oxygen atoms in total. The maximum Gasteiger partial charge on any atom is 0.227 e. The van der Waals surface area contributed by atoms with E-state index < -0.39 is 0 Å². The molecular formula is C14H18N6. The Morgan fingerprint density at radius 1 is 1.15 bits per heavy atom.